The van der Waals surface area contributed by atoms with Crippen LogP contribution in [0.4, 0.5) is 9.52 Å². The molecule has 1 aliphatic carbocycles. The van der Waals surface area contributed by atoms with Gasteiger partial charge in [0.05, 0.1) is 22.5 Å². The number of benzene rings is 1. The second kappa shape index (κ2) is 8.05. The smallest absolute Gasteiger partial charge is 0.240 e. The van der Waals surface area contributed by atoms with E-state index in [0.29, 0.717) is 30.6 Å². The van der Waals surface area contributed by atoms with Crippen LogP contribution >= 0.6 is 23.1 Å². The number of amides is 1. The topological polar surface area (TPSA) is 88.3 Å². The molecule has 8 nitrogen and oxygen atoms in total. The molecule has 1 unspecified atom stereocenters. The van der Waals surface area contributed by atoms with E-state index in [1.165, 1.54) is 35.9 Å². The molecular formula is C21H20FN7OS2. The summed E-state index contributed by atoms with van der Waals surface area (Å²) in [6.07, 6.45) is 2.05. The molecule has 0 spiro atoms. The largest absolute Gasteiger partial charge is 0.301 e. The maximum atomic E-state index is 13.3. The molecule has 1 saturated heterocycles. The van der Waals surface area contributed by atoms with Gasteiger partial charge in [-0.25, -0.2) is 9.37 Å². The summed E-state index contributed by atoms with van der Waals surface area (Å²) in [5.41, 5.74) is 2.64. The summed E-state index contributed by atoms with van der Waals surface area (Å²) in [6.45, 7) is 1.12. The van der Waals surface area contributed by atoms with Gasteiger partial charge in [0.1, 0.15) is 6.17 Å². The van der Waals surface area contributed by atoms with Crippen molar-refractivity contribution in [1.29, 1.82) is 0 Å². The normalized spacial score (nSPS) is 19.2. The second-order valence-corrected chi connectivity index (χ2v) is 10.3. The number of nitrogens with zero attached hydrogens (tertiary/aromatic N) is 6. The van der Waals surface area contributed by atoms with Crippen molar-refractivity contribution in [2.24, 2.45) is 0 Å². The van der Waals surface area contributed by atoms with Crippen molar-refractivity contribution in [2.45, 2.75) is 41.4 Å². The van der Waals surface area contributed by atoms with E-state index in [1.54, 1.807) is 4.52 Å². The first kappa shape index (κ1) is 20.0. The quantitative estimate of drug-likeness (QED) is 0.460. The summed E-state index contributed by atoms with van der Waals surface area (Å²) in [6, 6.07) is 9.96. The van der Waals surface area contributed by atoms with Crippen molar-refractivity contribution in [1.82, 2.24) is 29.7 Å². The van der Waals surface area contributed by atoms with E-state index in [1.807, 2.05) is 35.2 Å². The number of carbonyl (C=O) groups is 1. The molecule has 1 aliphatic heterocycles. The minimum Gasteiger partial charge on any atom is -0.301 e. The molecule has 3 aromatic heterocycles. The van der Waals surface area contributed by atoms with Crippen LogP contribution in [0.1, 0.15) is 30.9 Å². The third-order valence-electron chi connectivity index (χ3n) is 5.65. The third-order valence-corrected chi connectivity index (χ3v) is 7.51. The Bertz CT molecular complexity index is 1320. The van der Waals surface area contributed by atoms with Crippen LogP contribution in [0.25, 0.3) is 15.9 Å². The first-order valence-corrected chi connectivity index (χ1v) is 12.2. The van der Waals surface area contributed by atoms with Crippen molar-refractivity contribution in [2.75, 3.05) is 25.0 Å². The summed E-state index contributed by atoms with van der Waals surface area (Å²) in [4.78, 5) is 19.6. The number of likely N-dealkylation sites (tertiary alicyclic amines) is 1. The van der Waals surface area contributed by atoms with E-state index >= 15 is 0 Å². The SMILES string of the molecule is O=C(CN1CCC(F)C1)Nc1nc2ccc(Sc3nnc4ccc(C5CC5)nn34)cc2s1. The Hall–Kier alpha value is -2.63. The van der Waals surface area contributed by atoms with Gasteiger partial charge in [-0.2, -0.15) is 9.61 Å². The van der Waals surface area contributed by atoms with Crippen LogP contribution in [0.2, 0.25) is 0 Å². The molecule has 164 valence electrons. The fourth-order valence-electron chi connectivity index (χ4n) is 3.86. The molecule has 11 heteroatoms. The third kappa shape index (κ3) is 4.07. The average molecular weight is 470 g/mol. The lowest BCUT2D eigenvalue weighted by molar-refractivity contribution is -0.117. The van der Waals surface area contributed by atoms with Crippen molar-refractivity contribution < 1.29 is 9.18 Å². The van der Waals surface area contributed by atoms with Crippen LogP contribution in [0.15, 0.2) is 40.4 Å². The molecule has 1 aromatic carbocycles. The summed E-state index contributed by atoms with van der Waals surface area (Å²) < 4.78 is 16.1. The van der Waals surface area contributed by atoms with Crippen LogP contribution in [0, 0.1) is 0 Å². The van der Waals surface area contributed by atoms with Gasteiger partial charge in [-0.3, -0.25) is 9.69 Å². The molecule has 4 heterocycles. The van der Waals surface area contributed by atoms with Crippen LogP contribution in [-0.2, 0) is 4.79 Å². The molecule has 0 radical (unpaired) electrons. The standard InChI is InChI=1S/C21H20FN7OS2/c22-13-7-8-28(10-13)11-19(30)24-20-23-16-4-3-14(9-17(16)32-20)31-21-26-25-18-6-5-15(12-1-2-12)27-29(18)21/h3-6,9,12-13H,1-2,7-8,10-11H2,(H,23,24,30). The Balaban J connectivity index is 1.18. The lowest BCUT2D eigenvalue weighted by Gasteiger charge is -2.12. The van der Waals surface area contributed by atoms with Gasteiger partial charge in [0.2, 0.25) is 11.1 Å². The molecule has 1 atom stereocenters. The number of alkyl halides is 1. The van der Waals surface area contributed by atoms with Gasteiger partial charge in [-0.15, -0.1) is 10.2 Å². The summed E-state index contributed by atoms with van der Waals surface area (Å²) >= 11 is 2.92. The maximum Gasteiger partial charge on any atom is 0.240 e. The van der Waals surface area contributed by atoms with E-state index in [9.17, 15) is 9.18 Å². The molecule has 6 rings (SSSR count). The number of halogens is 1. The van der Waals surface area contributed by atoms with E-state index in [-0.39, 0.29) is 12.5 Å². The van der Waals surface area contributed by atoms with E-state index < -0.39 is 6.17 Å². The number of aromatic nitrogens is 5. The molecular weight excluding hydrogens is 449 g/mol. The van der Waals surface area contributed by atoms with E-state index in [4.69, 9.17) is 5.10 Å². The molecule has 2 fully saturated rings. The Labute approximate surface area is 191 Å². The zero-order valence-corrected chi connectivity index (χ0v) is 18.7. The number of hydrogen-bond donors (Lipinski definition) is 1. The molecule has 32 heavy (non-hydrogen) atoms. The van der Waals surface area contributed by atoms with Crippen LogP contribution in [0.5, 0.6) is 0 Å². The zero-order valence-electron chi connectivity index (χ0n) is 17.1. The molecule has 1 N–H and O–H groups in total. The monoisotopic (exact) mass is 469 g/mol. The Morgan fingerprint density at radius 3 is 2.94 bits per heavy atom. The van der Waals surface area contributed by atoms with Gasteiger partial charge in [0, 0.05) is 23.9 Å². The lowest BCUT2D eigenvalue weighted by Crippen LogP contribution is -2.31. The van der Waals surface area contributed by atoms with Crippen molar-refractivity contribution in [3.8, 4) is 0 Å². The van der Waals surface area contributed by atoms with Gasteiger partial charge in [0.15, 0.2) is 10.8 Å². The van der Waals surface area contributed by atoms with Gasteiger partial charge < -0.3 is 5.32 Å². The highest BCUT2D eigenvalue weighted by molar-refractivity contribution is 7.99. The Morgan fingerprint density at radius 1 is 1.22 bits per heavy atom. The predicted octanol–water partition coefficient (Wildman–Crippen LogP) is 3.74. The number of thiazole rings is 1. The molecule has 1 amide bonds. The zero-order chi connectivity index (χ0) is 21.7. The molecule has 4 aromatic rings. The predicted molar refractivity (Wildman–Crippen MR) is 121 cm³/mol. The van der Waals surface area contributed by atoms with E-state index in [0.717, 1.165) is 31.6 Å². The second-order valence-electron chi connectivity index (χ2n) is 8.20. The fraction of sp³-hybridized carbons (Fsp3) is 0.381. The number of nitrogens with one attached hydrogen (secondary N) is 1. The lowest BCUT2D eigenvalue weighted by atomic mass is 10.3. The van der Waals surface area contributed by atoms with Gasteiger partial charge in [-0.1, -0.05) is 11.3 Å². The number of carbonyl (C=O) groups excluding carboxylic acids is 1. The van der Waals surface area contributed by atoms with Crippen LogP contribution in [0.3, 0.4) is 0 Å². The van der Waals surface area contributed by atoms with Crippen molar-refractivity contribution in [3.05, 3.63) is 36.0 Å². The first-order chi connectivity index (χ1) is 15.6. The highest BCUT2D eigenvalue weighted by Crippen LogP contribution is 2.39. The Morgan fingerprint density at radius 2 is 2.12 bits per heavy atom. The first-order valence-electron chi connectivity index (χ1n) is 10.6. The number of anilines is 1. The summed E-state index contributed by atoms with van der Waals surface area (Å²) in [5.74, 6) is 0.394. The minimum atomic E-state index is -0.834. The van der Waals surface area contributed by atoms with Crippen LogP contribution < -0.4 is 5.32 Å². The Kier molecular flexibility index (Phi) is 5.04. The minimum absolute atomic E-state index is 0.166. The van der Waals surface area contributed by atoms with E-state index in [2.05, 4.69) is 20.5 Å². The van der Waals surface area contributed by atoms with Gasteiger partial charge >= 0.3 is 0 Å². The average Bonchev–Trinajstić information content (AvgIpc) is 3.26. The molecule has 1 saturated carbocycles. The molecule has 0 bridgehead atoms. The fourth-order valence-corrected chi connectivity index (χ4v) is 5.68. The highest BCUT2D eigenvalue weighted by atomic mass is 32.2. The number of rotatable bonds is 6. The van der Waals surface area contributed by atoms with Gasteiger partial charge in [0.25, 0.3) is 0 Å². The summed E-state index contributed by atoms with van der Waals surface area (Å²) in [5, 5.41) is 17.4. The van der Waals surface area contributed by atoms with Gasteiger partial charge in [-0.05, 0) is 61.4 Å². The summed E-state index contributed by atoms with van der Waals surface area (Å²) in [7, 11) is 0. The highest BCUT2D eigenvalue weighted by Gasteiger charge is 2.26. The molecule has 2 aliphatic rings. The maximum absolute atomic E-state index is 13.3. The van der Waals surface area contributed by atoms with Crippen molar-refractivity contribution >= 4 is 50.0 Å². The number of fused-ring (bicyclic) bond motifs is 2. The van der Waals surface area contributed by atoms with Crippen LogP contribution in [-0.4, -0.2) is 61.4 Å². The van der Waals surface area contributed by atoms with Crippen molar-refractivity contribution in [3.63, 3.8) is 0 Å². The number of hydrogen-bond acceptors (Lipinski definition) is 8.